The summed E-state index contributed by atoms with van der Waals surface area (Å²) in [4.78, 5) is 29.1. The van der Waals surface area contributed by atoms with E-state index in [4.69, 9.17) is 4.74 Å². The van der Waals surface area contributed by atoms with E-state index in [1.165, 1.54) is 56.0 Å². The molecule has 0 aliphatic heterocycles. The highest BCUT2D eigenvalue weighted by molar-refractivity contribution is 7.92. The molecule has 12 nitrogen and oxygen atoms in total. The van der Waals surface area contributed by atoms with Crippen molar-refractivity contribution in [2.45, 2.75) is 12.3 Å². The van der Waals surface area contributed by atoms with Crippen molar-refractivity contribution < 1.29 is 23.1 Å². The van der Waals surface area contributed by atoms with Gasteiger partial charge in [-0.15, -0.1) is 0 Å². The molecule has 5 rings (SSSR count). The maximum Gasteiger partial charge on any atom is 0.275 e. The average molecular weight is 560 g/mol. The van der Waals surface area contributed by atoms with Crippen LogP contribution in [0, 0.1) is 0 Å². The Morgan fingerprint density at radius 1 is 0.900 bits per heavy atom. The minimum absolute atomic E-state index is 0. The number of fused-ring (bicyclic) bond motifs is 1. The zero-order valence-corrected chi connectivity index (χ0v) is 21.2. The first kappa shape index (κ1) is 27.7. The van der Waals surface area contributed by atoms with Crippen LogP contribution < -0.4 is 20.1 Å². The Morgan fingerprint density at radius 3 is 2.35 bits per heavy atom. The van der Waals surface area contributed by atoms with Crippen LogP contribution in [-0.2, 0) is 10.0 Å². The zero-order valence-electron chi connectivity index (χ0n) is 20.4. The van der Waals surface area contributed by atoms with E-state index in [2.05, 4.69) is 35.3 Å². The molecule has 0 aliphatic rings. The molecule has 40 heavy (non-hydrogen) atoms. The molecule has 2 heterocycles. The van der Waals surface area contributed by atoms with Crippen LogP contribution in [0.15, 0.2) is 90.2 Å². The van der Waals surface area contributed by atoms with Crippen LogP contribution in [0.3, 0.4) is 0 Å². The lowest BCUT2D eigenvalue weighted by atomic mass is 10.2. The van der Waals surface area contributed by atoms with Crippen molar-refractivity contribution in [3.8, 4) is 11.5 Å². The number of rotatable bonds is 8. The second kappa shape index (κ2) is 11.6. The Labute approximate surface area is 230 Å². The average Bonchev–Trinajstić information content (AvgIpc) is 2.93. The molecule has 0 radical (unpaired) electrons. The van der Waals surface area contributed by atoms with Crippen LogP contribution >= 0.6 is 0 Å². The number of phenols is 1. The fraction of sp³-hybridized carbons (Fsp3) is 0.0741. The van der Waals surface area contributed by atoms with Gasteiger partial charge in [0.05, 0.1) is 29.2 Å². The summed E-state index contributed by atoms with van der Waals surface area (Å²) in [5, 5.41) is 15.6. The highest BCUT2D eigenvalue weighted by atomic mass is 32.2. The lowest BCUT2D eigenvalue weighted by molar-refractivity contribution is 0.102. The summed E-state index contributed by atoms with van der Waals surface area (Å²) in [6.07, 6.45) is 4.11. The Balaban J connectivity index is 0.00000370. The van der Waals surface area contributed by atoms with Crippen LogP contribution in [0.2, 0.25) is 0 Å². The smallest absolute Gasteiger partial charge is 0.275 e. The van der Waals surface area contributed by atoms with E-state index < -0.39 is 15.9 Å². The number of sulfonamides is 1. The Kier molecular flexibility index (Phi) is 8.05. The standard InChI is InChI=1S/C26H21N7O5S.CH4/c1-38-19-12-17(11-18(34)14-19)29-24-25(32-22-8-3-2-7-21(22)31-24)33-39(36,37)20-6-4-5-16(13-20)30-26(35)23-15-27-9-10-28-23;/h2-15,34H,1H3,(H,29,31)(H,30,35)(H,32,33);1H4. The molecule has 5 aromatic rings. The molecule has 0 saturated carbocycles. The number of carbonyl (C=O) groups excluding carboxylic acids is 1. The Bertz CT molecular complexity index is 1780. The minimum atomic E-state index is -4.19. The number of hydrogen-bond donors (Lipinski definition) is 4. The molecule has 1 amide bonds. The molecule has 13 heteroatoms. The van der Waals surface area contributed by atoms with Crippen molar-refractivity contribution in [1.29, 1.82) is 0 Å². The molecular formula is C27H25N7O5S. The van der Waals surface area contributed by atoms with Crippen molar-refractivity contribution >= 4 is 50.0 Å². The number of aromatic nitrogens is 4. The van der Waals surface area contributed by atoms with Crippen LogP contribution in [-0.4, -0.2) is 46.5 Å². The molecule has 3 aromatic carbocycles. The quantitative estimate of drug-likeness (QED) is 0.211. The summed E-state index contributed by atoms with van der Waals surface area (Å²) in [6.45, 7) is 0. The predicted octanol–water partition coefficient (Wildman–Crippen LogP) is 4.57. The van der Waals surface area contributed by atoms with Gasteiger partial charge in [-0.25, -0.2) is 23.4 Å². The monoisotopic (exact) mass is 559 g/mol. The molecule has 0 aliphatic carbocycles. The number of carbonyl (C=O) groups is 1. The highest BCUT2D eigenvalue weighted by Crippen LogP contribution is 2.31. The van der Waals surface area contributed by atoms with E-state index in [0.29, 0.717) is 22.5 Å². The molecule has 0 fully saturated rings. The van der Waals surface area contributed by atoms with E-state index in [-0.39, 0.29) is 41.1 Å². The van der Waals surface area contributed by atoms with Gasteiger partial charge >= 0.3 is 0 Å². The second-order valence-electron chi connectivity index (χ2n) is 8.13. The van der Waals surface area contributed by atoms with Gasteiger partial charge in [0.25, 0.3) is 15.9 Å². The maximum atomic E-state index is 13.4. The van der Waals surface area contributed by atoms with Gasteiger partial charge in [0.1, 0.15) is 17.2 Å². The number of methoxy groups -OCH3 is 1. The van der Waals surface area contributed by atoms with Gasteiger partial charge in [-0.3, -0.25) is 14.5 Å². The molecule has 2 aromatic heterocycles. The van der Waals surface area contributed by atoms with Crippen molar-refractivity contribution in [2.75, 3.05) is 22.5 Å². The number of para-hydroxylation sites is 2. The van der Waals surface area contributed by atoms with Gasteiger partial charge in [0, 0.05) is 42.0 Å². The van der Waals surface area contributed by atoms with Crippen molar-refractivity contribution in [3.63, 3.8) is 0 Å². The lowest BCUT2D eigenvalue weighted by Crippen LogP contribution is -2.17. The fourth-order valence-corrected chi connectivity index (χ4v) is 4.66. The summed E-state index contributed by atoms with van der Waals surface area (Å²) >= 11 is 0. The predicted molar refractivity (Wildman–Crippen MR) is 151 cm³/mol. The number of nitrogens with zero attached hydrogens (tertiary/aromatic N) is 4. The Morgan fingerprint density at radius 2 is 1.65 bits per heavy atom. The third-order valence-corrected chi connectivity index (χ3v) is 6.73. The number of benzene rings is 3. The summed E-state index contributed by atoms with van der Waals surface area (Å²) in [7, 11) is -2.73. The van der Waals surface area contributed by atoms with Crippen LogP contribution in [0.5, 0.6) is 11.5 Å². The number of ether oxygens (including phenoxy) is 1. The fourth-order valence-electron chi connectivity index (χ4n) is 3.61. The molecule has 0 bridgehead atoms. The third-order valence-electron chi connectivity index (χ3n) is 5.39. The maximum absolute atomic E-state index is 13.4. The first-order valence-electron chi connectivity index (χ1n) is 11.4. The Hall–Kier alpha value is -5.30. The summed E-state index contributed by atoms with van der Waals surface area (Å²) in [5.41, 5.74) is 1.69. The van der Waals surface area contributed by atoms with Gasteiger partial charge in [-0.1, -0.05) is 25.6 Å². The van der Waals surface area contributed by atoms with E-state index >= 15 is 0 Å². The lowest BCUT2D eigenvalue weighted by Gasteiger charge is -2.15. The molecule has 0 saturated heterocycles. The summed E-state index contributed by atoms with van der Waals surface area (Å²) in [5.74, 6) is -0.206. The molecule has 204 valence electrons. The van der Waals surface area contributed by atoms with Crippen LogP contribution in [0.25, 0.3) is 11.0 Å². The molecule has 0 spiro atoms. The largest absolute Gasteiger partial charge is 0.508 e. The van der Waals surface area contributed by atoms with Gasteiger partial charge in [-0.05, 0) is 30.3 Å². The van der Waals surface area contributed by atoms with E-state index in [0.717, 1.165) is 0 Å². The first-order valence-corrected chi connectivity index (χ1v) is 12.9. The van der Waals surface area contributed by atoms with Gasteiger partial charge in [0.2, 0.25) is 0 Å². The van der Waals surface area contributed by atoms with Crippen LogP contribution in [0.4, 0.5) is 23.0 Å². The van der Waals surface area contributed by atoms with Gasteiger partial charge in [-0.2, -0.15) is 0 Å². The normalized spacial score (nSPS) is 10.8. The van der Waals surface area contributed by atoms with E-state index in [1.807, 2.05) is 0 Å². The van der Waals surface area contributed by atoms with E-state index in [1.54, 1.807) is 36.4 Å². The molecule has 0 atom stereocenters. The highest BCUT2D eigenvalue weighted by Gasteiger charge is 2.20. The van der Waals surface area contributed by atoms with Crippen molar-refractivity contribution in [3.05, 3.63) is 91.0 Å². The van der Waals surface area contributed by atoms with E-state index in [9.17, 15) is 18.3 Å². The minimum Gasteiger partial charge on any atom is -0.508 e. The first-order chi connectivity index (χ1) is 18.8. The number of phenolic OH excluding ortho intramolecular Hbond substituents is 1. The molecular weight excluding hydrogens is 534 g/mol. The SMILES string of the molecule is C.COc1cc(O)cc(Nc2nc3ccccc3nc2NS(=O)(=O)c2cccc(NC(=O)c3cnccn3)c2)c1. The van der Waals surface area contributed by atoms with Gasteiger partial charge < -0.3 is 20.5 Å². The molecule has 0 unspecified atom stereocenters. The van der Waals surface area contributed by atoms with Crippen LogP contribution in [0.1, 0.15) is 17.9 Å². The third kappa shape index (κ3) is 6.22. The number of anilines is 4. The topological polar surface area (TPSA) is 168 Å². The summed E-state index contributed by atoms with van der Waals surface area (Å²) in [6, 6.07) is 17.2. The number of amides is 1. The second-order valence-corrected chi connectivity index (χ2v) is 9.81. The van der Waals surface area contributed by atoms with Crippen molar-refractivity contribution in [2.24, 2.45) is 0 Å². The number of aromatic hydroxyl groups is 1. The summed E-state index contributed by atoms with van der Waals surface area (Å²) < 4.78 is 34.5. The number of hydrogen-bond acceptors (Lipinski definition) is 10. The van der Waals surface area contributed by atoms with Gasteiger partial charge in [0.15, 0.2) is 11.6 Å². The zero-order chi connectivity index (χ0) is 27.4. The number of nitrogens with one attached hydrogen (secondary N) is 3. The molecule has 4 N–H and O–H groups in total. The van der Waals surface area contributed by atoms with Crippen molar-refractivity contribution in [1.82, 2.24) is 19.9 Å².